The number of para-hydroxylation sites is 1. The average Bonchev–Trinajstić information content (AvgIpc) is 2.54. The number of anilines is 1. The van der Waals surface area contributed by atoms with E-state index >= 15 is 0 Å². The van der Waals surface area contributed by atoms with Crippen LogP contribution < -0.4 is 10.6 Å². The molecule has 0 heterocycles. The van der Waals surface area contributed by atoms with Crippen molar-refractivity contribution in [2.75, 3.05) is 18.0 Å². The highest BCUT2D eigenvalue weighted by molar-refractivity contribution is 5.54. The van der Waals surface area contributed by atoms with Crippen molar-refractivity contribution in [3.63, 3.8) is 0 Å². The number of likely N-dealkylation sites (N-methyl/N-ethyl adjacent to an activating group) is 1. The Hall–Kier alpha value is -1.80. The zero-order chi connectivity index (χ0) is 15.2. The first-order valence-electron chi connectivity index (χ1n) is 7.76. The lowest BCUT2D eigenvalue weighted by atomic mass is 9.91. The van der Waals surface area contributed by atoms with E-state index in [1.54, 1.807) is 0 Å². The summed E-state index contributed by atoms with van der Waals surface area (Å²) in [6.45, 7) is 8.25. The zero-order valence-corrected chi connectivity index (χ0v) is 13.3. The summed E-state index contributed by atoms with van der Waals surface area (Å²) in [4.78, 5) is 2.44. The second kappa shape index (κ2) is 7.28. The van der Waals surface area contributed by atoms with E-state index in [1.165, 1.54) is 16.8 Å². The first kappa shape index (κ1) is 15.6. The van der Waals surface area contributed by atoms with Crippen molar-refractivity contribution in [2.45, 2.75) is 32.7 Å². The molecule has 0 aromatic heterocycles. The number of aryl methyl sites for hydroxylation is 1. The summed E-state index contributed by atoms with van der Waals surface area (Å²) in [6.07, 6.45) is 0. The van der Waals surface area contributed by atoms with Gasteiger partial charge in [-0.1, -0.05) is 55.5 Å². The monoisotopic (exact) mass is 282 g/mol. The highest BCUT2D eigenvalue weighted by Crippen LogP contribution is 2.28. The third-order valence-corrected chi connectivity index (χ3v) is 4.31. The minimum Gasteiger partial charge on any atom is -0.367 e. The van der Waals surface area contributed by atoms with E-state index in [0.29, 0.717) is 18.5 Å². The molecule has 2 nitrogen and oxygen atoms in total. The maximum Gasteiger partial charge on any atom is 0.0478 e. The molecule has 0 amide bonds. The molecular weight excluding hydrogens is 256 g/mol. The van der Waals surface area contributed by atoms with Crippen LogP contribution in [0.4, 0.5) is 5.69 Å². The highest BCUT2D eigenvalue weighted by atomic mass is 15.2. The number of rotatable bonds is 6. The van der Waals surface area contributed by atoms with E-state index in [9.17, 15) is 0 Å². The molecule has 0 fully saturated rings. The van der Waals surface area contributed by atoms with Gasteiger partial charge in [0.25, 0.3) is 0 Å². The molecule has 0 saturated heterocycles. The van der Waals surface area contributed by atoms with Crippen LogP contribution in [0.25, 0.3) is 0 Å². The Labute approximate surface area is 128 Å². The molecule has 2 N–H and O–H groups in total. The summed E-state index contributed by atoms with van der Waals surface area (Å²) in [6, 6.07) is 19.5. The lowest BCUT2D eigenvalue weighted by Crippen LogP contribution is -2.44. The van der Waals surface area contributed by atoms with Crippen LogP contribution in [-0.4, -0.2) is 19.1 Å². The van der Waals surface area contributed by atoms with Gasteiger partial charge in [-0.05, 0) is 31.0 Å². The molecule has 0 radical (unpaired) electrons. The second-order valence-corrected chi connectivity index (χ2v) is 5.57. The molecule has 2 rings (SSSR count). The van der Waals surface area contributed by atoms with Gasteiger partial charge < -0.3 is 10.6 Å². The molecule has 2 aromatic rings. The molecule has 112 valence electrons. The highest BCUT2D eigenvalue weighted by Gasteiger charge is 2.24. The molecule has 0 aliphatic heterocycles. The maximum absolute atomic E-state index is 6.13. The van der Waals surface area contributed by atoms with Crippen LogP contribution in [-0.2, 0) is 0 Å². The van der Waals surface area contributed by atoms with E-state index in [0.717, 1.165) is 6.54 Å². The van der Waals surface area contributed by atoms with Crippen molar-refractivity contribution >= 4 is 5.69 Å². The van der Waals surface area contributed by atoms with Gasteiger partial charge in [0.1, 0.15) is 0 Å². The normalized spacial score (nSPS) is 13.7. The van der Waals surface area contributed by atoms with E-state index < -0.39 is 0 Å². The molecule has 0 aliphatic rings. The van der Waals surface area contributed by atoms with Crippen molar-refractivity contribution < 1.29 is 0 Å². The van der Waals surface area contributed by atoms with Gasteiger partial charge in [-0.2, -0.15) is 0 Å². The molecule has 2 unspecified atom stereocenters. The van der Waals surface area contributed by atoms with Crippen LogP contribution in [0.1, 0.15) is 30.9 Å². The summed E-state index contributed by atoms with van der Waals surface area (Å²) in [7, 11) is 0. The number of benzene rings is 2. The largest absolute Gasteiger partial charge is 0.367 e. The van der Waals surface area contributed by atoms with Gasteiger partial charge in [-0.15, -0.1) is 0 Å². The molecular formula is C19H26N2. The van der Waals surface area contributed by atoms with Crippen molar-refractivity contribution in [2.24, 2.45) is 5.73 Å². The summed E-state index contributed by atoms with van der Waals surface area (Å²) in [5.74, 6) is 0.399. The number of nitrogens with zero attached hydrogens (tertiary/aromatic N) is 1. The second-order valence-electron chi connectivity index (χ2n) is 5.57. The third-order valence-electron chi connectivity index (χ3n) is 4.31. The minimum absolute atomic E-state index is 0.304. The van der Waals surface area contributed by atoms with Crippen molar-refractivity contribution in [1.82, 2.24) is 0 Å². The molecule has 2 heteroatoms. The number of hydrogen-bond acceptors (Lipinski definition) is 2. The minimum atomic E-state index is 0.304. The third kappa shape index (κ3) is 3.45. The van der Waals surface area contributed by atoms with Crippen LogP contribution in [0.3, 0.4) is 0 Å². The Morgan fingerprint density at radius 2 is 1.62 bits per heavy atom. The van der Waals surface area contributed by atoms with Crippen molar-refractivity contribution in [1.29, 1.82) is 0 Å². The lowest BCUT2D eigenvalue weighted by molar-refractivity contribution is 0.527. The Kier molecular flexibility index (Phi) is 5.40. The van der Waals surface area contributed by atoms with Crippen LogP contribution in [0, 0.1) is 6.92 Å². The smallest absolute Gasteiger partial charge is 0.0478 e. The first-order chi connectivity index (χ1) is 10.2. The predicted molar refractivity (Wildman–Crippen MR) is 91.9 cm³/mol. The van der Waals surface area contributed by atoms with Gasteiger partial charge in [0.05, 0.1) is 0 Å². The topological polar surface area (TPSA) is 29.3 Å². The van der Waals surface area contributed by atoms with Gasteiger partial charge in [0, 0.05) is 30.7 Å². The van der Waals surface area contributed by atoms with Gasteiger partial charge >= 0.3 is 0 Å². The fourth-order valence-electron chi connectivity index (χ4n) is 3.05. The van der Waals surface area contributed by atoms with Crippen LogP contribution in [0.5, 0.6) is 0 Å². The van der Waals surface area contributed by atoms with Gasteiger partial charge in [0.15, 0.2) is 0 Å². The Morgan fingerprint density at radius 1 is 1.00 bits per heavy atom. The standard InChI is InChI=1S/C19H26N2/c1-4-21(18-13-9-8-10-15(18)2)19(14-20)16(3)17-11-6-5-7-12-17/h5-13,16,19H,4,14,20H2,1-3H3. The Morgan fingerprint density at radius 3 is 2.19 bits per heavy atom. The summed E-state index contributed by atoms with van der Waals surface area (Å²) >= 11 is 0. The van der Waals surface area contributed by atoms with Gasteiger partial charge in [-0.3, -0.25) is 0 Å². The molecule has 2 aromatic carbocycles. The Balaban J connectivity index is 2.32. The number of nitrogens with two attached hydrogens (primary N) is 1. The van der Waals surface area contributed by atoms with E-state index in [2.05, 4.69) is 80.3 Å². The molecule has 0 saturated carbocycles. The van der Waals surface area contributed by atoms with Crippen molar-refractivity contribution in [3.05, 3.63) is 65.7 Å². The lowest BCUT2D eigenvalue weighted by Gasteiger charge is -2.37. The van der Waals surface area contributed by atoms with Gasteiger partial charge in [-0.25, -0.2) is 0 Å². The quantitative estimate of drug-likeness (QED) is 0.869. The van der Waals surface area contributed by atoms with Crippen LogP contribution in [0.2, 0.25) is 0 Å². The molecule has 0 aliphatic carbocycles. The van der Waals surface area contributed by atoms with Gasteiger partial charge in [0.2, 0.25) is 0 Å². The summed E-state index contributed by atoms with van der Waals surface area (Å²) < 4.78 is 0. The SMILES string of the molecule is CCN(c1ccccc1C)C(CN)C(C)c1ccccc1. The maximum atomic E-state index is 6.13. The fraction of sp³-hybridized carbons (Fsp3) is 0.368. The Bertz CT molecular complexity index is 551. The van der Waals surface area contributed by atoms with Crippen LogP contribution in [0.15, 0.2) is 54.6 Å². The molecule has 2 atom stereocenters. The predicted octanol–water partition coefficient (Wildman–Crippen LogP) is 3.95. The molecule has 0 bridgehead atoms. The molecule has 0 spiro atoms. The summed E-state index contributed by atoms with van der Waals surface area (Å²) in [5, 5.41) is 0. The zero-order valence-electron chi connectivity index (χ0n) is 13.3. The van der Waals surface area contributed by atoms with Crippen LogP contribution >= 0.6 is 0 Å². The van der Waals surface area contributed by atoms with E-state index in [4.69, 9.17) is 5.73 Å². The first-order valence-corrected chi connectivity index (χ1v) is 7.76. The summed E-state index contributed by atoms with van der Waals surface area (Å²) in [5.41, 5.74) is 10.1. The van der Waals surface area contributed by atoms with E-state index in [-0.39, 0.29) is 0 Å². The molecule has 21 heavy (non-hydrogen) atoms. The average molecular weight is 282 g/mol. The van der Waals surface area contributed by atoms with E-state index in [1.807, 2.05) is 0 Å². The fourth-order valence-corrected chi connectivity index (χ4v) is 3.05. The number of hydrogen-bond donors (Lipinski definition) is 1. The van der Waals surface area contributed by atoms with Crippen molar-refractivity contribution in [3.8, 4) is 0 Å².